The van der Waals surface area contributed by atoms with Gasteiger partial charge < -0.3 is 0 Å². The Hall–Kier alpha value is -0.380. The fourth-order valence-electron chi connectivity index (χ4n) is 1.67. The first kappa shape index (κ1) is 10.8. The molecule has 0 amide bonds. The molecule has 0 fully saturated rings. The van der Waals surface area contributed by atoms with Gasteiger partial charge in [-0.05, 0) is 23.8 Å². The van der Waals surface area contributed by atoms with Gasteiger partial charge in [-0.2, -0.15) is 0 Å². The van der Waals surface area contributed by atoms with E-state index in [4.69, 9.17) is 0 Å². The molecule has 1 aliphatic rings. The van der Waals surface area contributed by atoms with E-state index in [1.807, 2.05) is 23.5 Å². The molecule has 3 rings (SSSR count). The minimum absolute atomic E-state index is 0.505. The Bertz CT molecular complexity index is 511. The van der Waals surface area contributed by atoms with Gasteiger partial charge in [-0.1, -0.05) is 46.3 Å². The van der Waals surface area contributed by atoms with Crippen LogP contribution in [0.25, 0.3) is 0 Å². The minimum Gasteiger partial charge on any atom is -0.105 e. The van der Waals surface area contributed by atoms with Crippen LogP contribution in [0.1, 0.15) is 10.1 Å². The van der Waals surface area contributed by atoms with Gasteiger partial charge >= 0.3 is 0 Å². The molecule has 0 bridgehead atoms. The Kier molecular flexibility index (Phi) is 3.01. The Morgan fingerprint density at radius 1 is 0.875 bits per heavy atom. The van der Waals surface area contributed by atoms with Crippen LogP contribution >= 0.6 is 39.5 Å². The molecule has 2 aromatic carbocycles. The fraction of sp³-hybridized carbons (Fsp3) is 0.0769. The summed E-state index contributed by atoms with van der Waals surface area (Å²) in [6.45, 7) is 0. The van der Waals surface area contributed by atoms with Crippen LogP contribution in [0, 0.1) is 0 Å². The third kappa shape index (κ3) is 2.04. The number of hydrogen-bond donors (Lipinski definition) is 0. The van der Waals surface area contributed by atoms with Gasteiger partial charge in [-0.15, -0.1) is 23.5 Å². The minimum atomic E-state index is 0.505. The predicted octanol–water partition coefficient (Wildman–Crippen LogP) is 5.35. The first-order valence-electron chi connectivity index (χ1n) is 5.01. The maximum Gasteiger partial charge on any atom is 0.0846 e. The molecule has 0 saturated heterocycles. The van der Waals surface area contributed by atoms with Crippen LogP contribution in [-0.2, 0) is 0 Å². The molecule has 1 atom stereocenters. The Morgan fingerprint density at radius 3 is 2.44 bits per heavy atom. The summed E-state index contributed by atoms with van der Waals surface area (Å²) < 4.78 is 1.67. The number of hydrogen-bond acceptors (Lipinski definition) is 2. The SMILES string of the molecule is Brc1ccc2c(c1)SC(c1ccccc1)S2. The van der Waals surface area contributed by atoms with Crippen molar-refractivity contribution in [2.24, 2.45) is 0 Å². The lowest BCUT2D eigenvalue weighted by molar-refractivity contribution is 1.26. The maximum atomic E-state index is 3.52. The molecular formula is C13H9BrS2. The van der Waals surface area contributed by atoms with Crippen molar-refractivity contribution in [1.82, 2.24) is 0 Å². The quantitative estimate of drug-likeness (QED) is 0.697. The Morgan fingerprint density at radius 2 is 1.62 bits per heavy atom. The maximum absolute atomic E-state index is 3.52. The lowest BCUT2D eigenvalue weighted by Gasteiger charge is -2.06. The van der Waals surface area contributed by atoms with Crippen molar-refractivity contribution >= 4 is 39.5 Å². The van der Waals surface area contributed by atoms with E-state index >= 15 is 0 Å². The molecule has 0 aromatic heterocycles. The van der Waals surface area contributed by atoms with Crippen molar-refractivity contribution in [3.05, 3.63) is 58.6 Å². The van der Waals surface area contributed by atoms with Gasteiger partial charge in [-0.25, -0.2) is 0 Å². The van der Waals surface area contributed by atoms with E-state index in [0.29, 0.717) is 4.58 Å². The monoisotopic (exact) mass is 308 g/mol. The van der Waals surface area contributed by atoms with E-state index in [2.05, 4.69) is 64.5 Å². The van der Waals surface area contributed by atoms with E-state index < -0.39 is 0 Å². The average Bonchev–Trinajstić information content (AvgIpc) is 2.73. The van der Waals surface area contributed by atoms with Crippen LogP contribution in [-0.4, -0.2) is 0 Å². The first-order valence-corrected chi connectivity index (χ1v) is 7.56. The zero-order valence-corrected chi connectivity index (χ0v) is 11.6. The highest BCUT2D eigenvalue weighted by Gasteiger charge is 2.24. The molecule has 1 unspecified atom stereocenters. The molecule has 80 valence electrons. The molecule has 0 nitrogen and oxygen atoms in total. The van der Waals surface area contributed by atoms with E-state index in [1.54, 1.807) is 0 Å². The molecule has 2 aromatic rings. The third-order valence-electron chi connectivity index (χ3n) is 2.45. The van der Waals surface area contributed by atoms with Crippen molar-refractivity contribution in [3.8, 4) is 0 Å². The number of rotatable bonds is 1. The smallest absolute Gasteiger partial charge is 0.0846 e. The van der Waals surface area contributed by atoms with E-state index in [0.717, 1.165) is 4.47 Å². The van der Waals surface area contributed by atoms with Gasteiger partial charge in [-0.3, -0.25) is 0 Å². The second-order valence-corrected chi connectivity index (χ2v) is 7.08. The number of fused-ring (bicyclic) bond motifs is 1. The molecule has 3 heteroatoms. The van der Waals surface area contributed by atoms with Crippen LogP contribution < -0.4 is 0 Å². The summed E-state index contributed by atoms with van der Waals surface area (Å²) in [4.78, 5) is 2.77. The highest BCUT2D eigenvalue weighted by atomic mass is 79.9. The number of thioether (sulfide) groups is 2. The first-order chi connectivity index (χ1) is 7.83. The predicted molar refractivity (Wildman–Crippen MR) is 75.0 cm³/mol. The Labute approximate surface area is 112 Å². The summed E-state index contributed by atoms with van der Waals surface area (Å²) in [6.07, 6.45) is 0. The molecule has 0 saturated carbocycles. The summed E-state index contributed by atoms with van der Waals surface area (Å²) in [6, 6.07) is 17.2. The van der Waals surface area contributed by atoms with Crippen molar-refractivity contribution in [2.75, 3.05) is 0 Å². The summed E-state index contributed by atoms with van der Waals surface area (Å²) in [5.74, 6) is 0. The average molecular weight is 309 g/mol. The van der Waals surface area contributed by atoms with Crippen molar-refractivity contribution in [2.45, 2.75) is 14.4 Å². The topological polar surface area (TPSA) is 0 Å². The van der Waals surface area contributed by atoms with E-state index in [-0.39, 0.29) is 0 Å². The molecule has 16 heavy (non-hydrogen) atoms. The van der Waals surface area contributed by atoms with Crippen LogP contribution in [0.4, 0.5) is 0 Å². The van der Waals surface area contributed by atoms with E-state index in [1.165, 1.54) is 15.4 Å². The molecule has 0 radical (unpaired) electrons. The lowest BCUT2D eigenvalue weighted by atomic mass is 10.2. The molecule has 0 aliphatic carbocycles. The number of benzene rings is 2. The highest BCUT2D eigenvalue weighted by Crippen LogP contribution is 2.56. The standard InChI is InChI=1S/C13H9BrS2/c14-10-6-7-11-12(8-10)16-13(15-11)9-4-2-1-3-5-9/h1-8,13H. The van der Waals surface area contributed by atoms with Crippen LogP contribution in [0.5, 0.6) is 0 Å². The highest BCUT2D eigenvalue weighted by molar-refractivity contribution is 9.10. The third-order valence-corrected chi connectivity index (χ3v) is 5.82. The molecule has 1 aliphatic heterocycles. The summed E-state index contributed by atoms with van der Waals surface area (Å²) in [5.41, 5.74) is 1.39. The second-order valence-electron chi connectivity index (χ2n) is 3.57. The van der Waals surface area contributed by atoms with Gasteiger partial charge in [0.15, 0.2) is 0 Å². The van der Waals surface area contributed by atoms with Gasteiger partial charge in [0.25, 0.3) is 0 Å². The molecule has 0 N–H and O–H groups in total. The second kappa shape index (κ2) is 4.47. The summed E-state index contributed by atoms with van der Waals surface area (Å²) in [7, 11) is 0. The Balaban J connectivity index is 1.91. The van der Waals surface area contributed by atoms with Gasteiger partial charge in [0.05, 0.1) is 4.58 Å². The summed E-state index contributed by atoms with van der Waals surface area (Å²) in [5, 5.41) is 0. The number of halogens is 1. The van der Waals surface area contributed by atoms with Gasteiger partial charge in [0.2, 0.25) is 0 Å². The fourth-order valence-corrected chi connectivity index (χ4v) is 5.04. The molecular weight excluding hydrogens is 300 g/mol. The molecule has 1 heterocycles. The molecule has 0 spiro atoms. The lowest BCUT2D eigenvalue weighted by Crippen LogP contribution is -1.82. The van der Waals surface area contributed by atoms with Crippen LogP contribution in [0.15, 0.2) is 62.8 Å². The van der Waals surface area contributed by atoms with Crippen molar-refractivity contribution < 1.29 is 0 Å². The largest absolute Gasteiger partial charge is 0.105 e. The van der Waals surface area contributed by atoms with E-state index in [9.17, 15) is 0 Å². The van der Waals surface area contributed by atoms with Crippen LogP contribution in [0.2, 0.25) is 0 Å². The van der Waals surface area contributed by atoms with Gasteiger partial charge in [0.1, 0.15) is 0 Å². The van der Waals surface area contributed by atoms with Gasteiger partial charge in [0, 0.05) is 14.3 Å². The van der Waals surface area contributed by atoms with Crippen molar-refractivity contribution in [3.63, 3.8) is 0 Å². The zero-order valence-electron chi connectivity index (χ0n) is 8.39. The van der Waals surface area contributed by atoms with Crippen LogP contribution in [0.3, 0.4) is 0 Å². The summed E-state index contributed by atoms with van der Waals surface area (Å²) >= 11 is 7.39. The van der Waals surface area contributed by atoms with Crippen molar-refractivity contribution in [1.29, 1.82) is 0 Å². The normalized spacial score (nSPS) is 18.4. The zero-order chi connectivity index (χ0) is 11.0.